The number of carbonyl (C=O) groups excluding carboxylic acids is 2. The van der Waals surface area contributed by atoms with Gasteiger partial charge in [0.05, 0.1) is 6.42 Å². The number of carboxylic acids is 1. The SMILES string of the molecule is CCCCCNC(=O)[C@H](Cc1ccc(O)cc1)NC(=O)CCC(=O)O. The van der Waals surface area contributed by atoms with E-state index in [0.29, 0.717) is 6.54 Å². The summed E-state index contributed by atoms with van der Waals surface area (Å²) in [5.74, 6) is -1.72. The fourth-order valence-corrected chi connectivity index (χ4v) is 2.27. The maximum Gasteiger partial charge on any atom is 0.303 e. The minimum absolute atomic E-state index is 0.120. The maximum absolute atomic E-state index is 12.4. The van der Waals surface area contributed by atoms with Crippen molar-refractivity contribution in [3.8, 4) is 5.75 Å². The summed E-state index contributed by atoms with van der Waals surface area (Å²) in [5.41, 5.74) is 0.782. The molecule has 4 N–H and O–H groups in total. The number of carbonyl (C=O) groups is 3. The second kappa shape index (κ2) is 11.1. The lowest BCUT2D eigenvalue weighted by atomic mass is 10.0. The number of hydrogen-bond donors (Lipinski definition) is 4. The number of aromatic hydroxyl groups is 1. The van der Waals surface area contributed by atoms with Gasteiger partial charge in [0, 0.05) is 19.4 Å². The average Bonchev–Trinajstić information content (AvgIpc) is 2.58. The number of phenols is 1. The van der Waals surface area contributed by atoms with Crippen LogP contribution in [-0.4, -0.2) is 40.6 Å². The van der Waals surface area contributed by atoms with Crippen LogP contribution in [0.15, 0.2) is 24.3 Å². The first-order valence-electron chi connectivity index (χ1n) is 8.49. The van der Waals surface area contributed by atoms with Gasteiger partial charge in [-0.1, -0.05) is 31.9 Å². The Balaban J connectivity index is 2.67. The van der Waals surface area contributed by atoms with Gasteiger partial charge in [0.25, 0.3) is 0 Å². The second-order valence-electron chi connectivity index (χ2n) is 5.88. The molecule has 0 aromatic heterocycles. The van der Waals surface area contributed by atoms with Gasteiger partial charge < -0.3 is 20.8 Å². The Kier molecular flexibility index (Phi) is 9.06. The minimum Gasteiger partial charge on any atom is -0.508 e. The van der Waals surface area contributed by atoms with E-state index in [1.807, 2.05) is 0 Å². The van der Waals surface area contributed by atoms with Crippen molar-refractivity contribution in [2.24, 2.45) is 0 Å². The van der Waals surface area contributed by atoms with Crippen molar-refractivity contribution in [1.82, 2.24) is 10.6 Å². The molecule has 7 nitrogen and oxygen atoms in total. The first kappa shape index (κ1) is 20.5. The number of unbranched alkanes of at least 4 members (excludes halogenated alkanes) is 2. The van der Waals surface area contributed by atoms with Crippen molar-refractivity contribution in [3.63, 3.8) is 0 Å². The highest BCUT2D eigenvalue weighted by Crippen LogP contribution is 2.11. The summed E-state index contributed by atoms with van der Waals surface area (Å²) < 4.78 is 0. The van der Waals surface area contributed by atoms with E-state index in [1.165, 1.54) is 12.1 Å². The zero-order valence-electron chi connectivity index (χ0n) is 14.5. The number of amides is 2. The van der Waals surface area contributed by atoms with E-state index in [0.717, 1.165) is 24.8 Å². The van der Waals surface area contributed by atoms with Crippen LogP contribution in [0.1, 0.15) is 44.6 Å². The van der Waals surface area contributed by atoms with Gasteiger partial charge in [-0.25, -0.2) is 0 Å². The first-order valence-corrected chi connectivity index (χ1v) is 8.49. The molecule has 0 heterocycles. The predicted octanol–water partition coefficient (Wildman–Crippen LogP) is 1.59. The zero-order valence-corrected chi connectivity index (χ0v) is 14.5. The fourth-order valence-electron chi connectivity index (χ4n) is 2.27. The number of benzene rings is 1. The van der Waals surface area contributed by atoms with Crippen molar-refractivity contribution in [2.45, 2.75) is 51.5 Å². The van der Waals surface area contributed by atoms with Crippen LogP contribution in [0.5, 0.6) is 5.75 Å². The lowest BCUT2D eigenvalue weighted by molar-refractivity contribution is -0.139. The van der Waals surface area contributed by atoms with E-state index in [4.69, 9.17) is 5.11 Å². The number of rotatable bonds is 11. The van der Waals surface area contributed by atoms with E-state index >= 15 is 0 Å². The van der Waals surface area contributed by atoms with Gasteiger partial charge in [0.2, 0.25) is 11.8 Å². The maximum atomic E-state index is 12.4. The smallest absolute Gasteiger partial charge is 0.303 e. The molecule has 0 saturated heterocycles. The Morgan fingerprint density at radius 1 is 1.08 bits per heavy atom. The van der Waals surface area contributed by atoms with E-state index in [1.54, 1.807) is 12.1 Å². The first-order chi connectivity index (χ1) is 11.9. The monoisotopic (exact) mass is 350 g/mol. The van der Waals surface area contributed by atoms with Gasteiger partial charge in [-0.2, -0.15) is 0 Å². The van der Waals surface area contributed by atoms with Gasteiger partial charge in [0.1, 0.15) is 11.8 Å². The lowest BCUT2D eigenvalue weighted by Gasteiger charge is -2.18. The summed E-state index contributed by atoms with van der Waals surface area (Å²) in [6.07, 6.45) is 2.72. The van der Waals surface area contributed by atoms with Crippen LogP contribution in [0.3, 0.4) is 0 Å². The van der Waals surface area contributed by atoms with Gasteiger partial charge in [-0.3, -0.25) is 14.4 Å². The third kappa shape index (κ3) is 8.74. The van der Waals surface area contributed by atoms with Crippen LogP contribution >= 0.6 is 0 Å². The lowest BCUT2D eigenvalue weighted by Crippen LogP contribution is -2.48. The number of aliphatic carboxylic acids is 1. The van der Waals surface area contributed by atoms with Crippen LogP contribution in [0.2, 0.25) is 0 Å². The molecule has 0 spiro atoms. The van der Waals surface area contributed by atoms with Crippen molar-refractivity contribution >= 4 is 17.8 Å². The molecule has 25 heavy (non-hydrogen) atoms. The third-order valence-electron chi connectivity index (χ3n) is 3.67. The molecule has 0 saturated carbocycles. The zero-order chi connectivity index (χ0) is 18.7. The highest BCUT2D eigenvalue weighted by Gasteiger charge is 2.21. The molecular weight excluding hydrogens is 324 g/mol. The Morgan fingerprint density at radius 3 is 2.36 bits per heavy atom. The number of carboxylic acid groups (broad SMARTS) is 1. The molecule has 1 aromatic rings. The minimum atomic E-state index is -1.06. The quantitative estimate of drug-likeness (QED) is 0.452. The molecule has 1 rings (SSSR count). The van der Waals surface area contributed by atoms with E-state index in [9.17, 15) is 19.5 Å². The summed E-state index contributed by atoms with van der Waals surface area (Å²) in [7, 11) is 0. The topological polar surface area (TPSA) is 116 Å². The molecule has 0 aliphatic carbocycles. The normalized spacial score (nSPS) is 11.6. The van der Waals surface area contributed by atoms with Gasteiger partial charge >= 0.3 is 5.97 Å². The van der Waals surface area contributed by atoms with Crippen LogP contribution in [0.25, 0.3) is 0 Å². The molecule has 7 heteroatoms. The van der Waals surface area contributed by atoms with Crippen molar-refractivity contribution in [1.29, 1.82) is 0 Å². The van der Waals surface area contributed by atoms with Crippen LogP contribution < -0.4 is 10.6 Å². The molecule has 0 aliphatic rings. The highest BCUT2D eigenvalue weighted by molar-refractivity contribution is 5.88. The van der Waals surface area contributed by atoms with Crippen molar-refractivity contribution in [3.05, 3.63) is 29.8 Å². The average molecular weight is 350 g/mol. The Hall–Kier alpha value is -2.57. The largest absolute Gasteiger partial charge is 0.508 e. The molecule has 1 aromatic carbocycles. The number of phenolic OH excluding ortho intramolecular Hbond substituents is 1. The number of hydrogen-bond acceptors (Lipinski definition) is 4. The van der Waals surface area contributed by atoms with Crippen LogP contribution in [-0.2, 0) is 20.8 Å². The van der Waals surface area contributed by atoms with Gasteiger partial charge in [-0.05, 0) is 24.1 Å². The van der Waals surface area contributed by atoms with Gasteiger partial charge in [0.15, 0.2) is 0 Å². The van der Waals surface area contributed by atoms with E-state index in [2.05, 4.69) is 17.6 Å². The van der Waals surface area contributed by atoms with Crippen LogP contribution in [0, 0.1) is 0 Å². The van der Waals surface area contributed by atoms with E-state index in [-0.39, 0.29) is 30.9 Å². The molecule has 0 radical (unpaired) electrons. The summed E-state index contributed by atoms with van der Waals surface area (Å²) in [5, 5.41) is 23.4. The second-order valence-corrected chi connectivity index (χ2v) is 5.88. The standard InChI is InChI=1S/C18H26N2O5/c1-2-3-4-11-19-18(25)15(20-16(22)9-10-17(23)24)12-13-5-7-14(21)8-6-13/h5-8,15,21H,2-4,9-12H2,1H3,(H,19,25)(H,20,22)(H,23,24)/t15-/m0/s1. The molecule has 0 bridgehead atoms. The molecule has 0 unspecified atom stereocenters. The van der Waals surface area contributed by atoms with Gasteiger partial charge in [-0.15, -0.1) is 0 Å². The molecule has 2 amide bonds. The molecule has 0 aliphatic heterocycles. The van der Waals surface area contributed by atoms with Crippen molar-refractivity contribution < 1.29 is 24.6 Å². The van der Waals surface area contributed by atoms with E-state index < -0.39 is 17.9 Å². The molecular formula is C18H26N2O5. The third-order valence-corrected chi connectivity index (χ3v) is 3.67. The summed E-state index contributed by atoms with van der Waals surface area (Å²) in [6, 6.07) is 5.59. The van der Waals surface area contributed by atoms with Crippen LogP contribution in [0.4, 0.5) is 0 Å². The molecule has 0 fully saturated rings. The Labute approximate surface area is 147 Å². The van der Waals surface area contributed by atoms with Crippen molar-refractivity contribution in [2.75, 3.05) is 6.54 Å². The predicted molar refractivity (Wildman–Crippen MR) is 93.1 cm³/mol. The summed E-state index contributed by atoms with van der Waals surface area (Å²) in [4.78, 5) is 34.8. The molecule has 138 valence electrons. The highest BCUT2D eigenvalue weighted by atomic mass is 16.4. The fraction of sp³-hybridized carbons (Fsp3) is 0.500. The molecule has 1 atom stereocenters. The summed E-state index contributed by atoms with van der Waals surface area (Å²) >= 11 is 0. The number of nitrogens with one attached hydrogen (secondary N) is 2. The Bertz CT molecular complexity index is 571. The summed E-state index contributed by atoms with van der Waals surface area (Å²) in [6.45, 7) is 2.60. The Morgan fingerprint density at radius 2 is 1.76 bits per heavy atom.